The highest BCUT2D eigenvalue weighted by molar-refractivity contribution is 6.14. The van der Waals surface area contributed by atoms with Gasteiger partial charge in [-0.15, -0.1) is 0 Å². The van der Waals surface area contributed by atoms with Crippen molar-refractivity contribution in [1.29, 1.82) is 0 Å². The number of esters is 2. The highest BCUT2D eigenvalue weighted by Crippen LogP contribution is 2.29. The third-order valence-corrected chi connectivity index (χ3v) is 4.76. The van der Waals surface area contributed by atoms with Gasteiger partial charge >= 0.3 is 11.9 Å². The van der Waals surface area contributed by atoms with Crippen molar-refractivity contribution in [2.24, 2.45) is 0 Å². The van der Waals surface area contributed by atoms with Crippen LogP contribution in [0.4, 0.5) is 4.39 Å². The van der Waals surface area contributed by atoms with Crippen molar-refractivity contribution in [3.05, 3.63) is 71.2 Å². The van der Waals surface area contributed by atoms with Crippen LogP contribution in [0.2, 0.25) is 0 Å². The SMILES string of the molecule is COC(=O)CN(C)C(=O)c1c(C(=O)OC)c2ccccc2n1Cc1ccc(F)cc1. The Kier molecular flexibility index (Phi) is 6.15. The molecule has 1 amide bonds. The zero-order valence-corrected chi connectivity index (χ0v) is 16.8. The summed E-state index contributed by atoms with van der Waals surface area (Å²) in [6.07, 6.45) is 0. The zero-order chi connectivity index (χ0) is 21.8. The van der Waals surface area contributed by atoms with E-state index in [0.29, 0.717) is 10.9 Å². The zero-order valence-electron chi connectivity index (χ0n) is 16.8. The topological polar surface area (TPSA) is 77.8 Å². The van der Waals surface area contributed by atoms with Gasteiger partial charge in [-0.05, 0) is 23.8 Å². The molecule has 3 rings (SSSR count). The van der Waals surface area contributed by atoms with Gasteiger partial charge in [0.05, 0.1) is 19.8 Å². The van der Waals surface area contributed by atoms with Crippen molar-refractivity contribution >= 4 is 28.7 Å². The molecule has 0 aliphatic heterocycles. The summed E-state index contributed by atoms with van der Waals surface area (Å²) in [7, 11) is 3.91. The molecular formula is C22H21FN2O5. The van der Waals surface area contributed by atoms with Crippen LogP contribution in [0.25, 0.3) is 10.9 Å². The molecule has 0 saturated heterocycles. The van der Waals surface area contributed by atoms with E-state index in [0.717, 1.165) is 5.56 Å². The average Bonchev–Trinajstić information content (AvgIpc) is 3.08. The first-order chi connectivity index (χ1) is 14.4. The lowest BCUT2D eigenvalue weighted by Crippen LogP contribution is -2.35. The first-order valence-electron chi connectivity index (χ1n) is 9.13. The summed E-state index contributed by atoms with van der Waals surface area (Å²) < 4.78 is 24.6. The molecule has 0 saturated carbocycles. The fraction of sp³-hybridized carbons (Fsp3) is 0.227. The van der Waals surface area contributed by atoms with E-state index in [9.17, 15) is 18.8 Å². The highest BCUT2D eigenvalue weighted by atomic mass is 19.1. The molecule has 0 unspecified atom stereocenters. The molecule has 0 spiro atoms. The number of benzene rings is 2. The molecule has 0 atom stereocenters. The van der Waals surface area contributed by atoms with Crippen LogP contribution in [0.5, 0.6) is 0 Å². The van der Waals surface area contributed by atoms with Crippen LogP contribution >= 0.6 is 0 Å². The Morgan fingerprint density at radius 2 is 1.67 bits per heavy atom. The van der Waals surface area contributed by atoms with E-state index in [-0.39, 0.29) is 30.2 Å². The maximum atomic E-state index is 13.3. The van der Waals surface area contributed by atoms with E-state index in [1.165, 1.54) is 38.3 Å². The molecule has 0 radical (unpaired) electrons. The lowest BCUT2D eigenvalue weighted by molar-refractivity contribution is -0.141. The van der Waals surface area contributed by atoms with Crippen LogP contribution in [0.15, 0.2) is 48.5 Å². The van der Waals surface area contributed by atoms with Gasteiger partial charge < -0.3 is 18.9 Å². The fourth-order valence-corrected chi connectivity index (χ4v) is 3.28. The third kappa shape index (κ3) is 4.03. The van der Waals surface area contributed by atoms with E-state index >= 15 is 0 Å². The molecular weight excluding hydrogens is 391 g/mol. The molecule has 30 heavy (non-hydrogen) atoms. The smallest absolute Gasteiger partial charge is 0.340 e. The minimum absolute atomic E-state index is 0.0822. The number of ether oxygens (including phenoxy) is 2. The number of likely N-dealkylation sites (N-methyl/N-ethyl adjacent to an activating group) is 1. The van der Waals surface area contributed by atoms with Gasteiger partial charge in [-0.2, -0.15) is 0 Å². The van der Waals surface area contributed by atoms with Crippen molar-refractivity contribution in [2.45, 2.75) is 6.54 Å². The number of aromatic nitrogens is 1. The van der Waals surface area contributed by atoms with Crippen molar-refractivity contribution in [3.8, 4) is 0 Å². The van der Waals surface area contributed by atoms with Gasteiger partial charge in [0.25, 0.3) is 5.91 Å². The van der Waals surface area contributed by atoms with Crippen LogP contribution in [-0.4, -0.2) is 55.1 Å². The average molecular weight is 412 g/mol. The second-order valence-electron chi connectivity index (χ2n) is 6.68. The van der Waals surface area contributed by atoms with Gasteiger partial charge in [0.15, 0.2) is 0 Å². The van der Waals surface area contributed by atoms with E-state index in [1.54, 1.807) is 41.0 Å². The number of amides is 1. The normalized spacial score (nSPS) is 10.7. The van der Waals surface area contributed by atoms with E-state index in [4.69, 9.17) is 4.74 Å². The number of methoxy groups -OCH3 is 2. The van der Waals surface area contributed by atoms with Crippen LogP contribution in [0.3, 0.4) is 0 Å². The Bertz CT molecular complexity index is 1100. The fourth-order valence-electron chi connectivity index (χ4n) is 3.28. The second kappa shape index (κ2) is 8.77. The molecule has 3 aromatic rings. The van der Waals surface area contributed by atoms with Crippen LogP contribution in [-0.2, 0) is 20.8 Å². The first kappa shape index (κ1) is 21.0. The summed E-state index contributed by atoms with van der Waals surface area (Å²) >= 11 is 0. The third-order valence-electron chi connectivity index (χ3n) is 4.76. The minimum Gasteiger partial charge on any atom is -0.468 e. The number of carbonyl (C=O) groups is 3. The van der Waals surface area contributed by atoms with Crippen molar-refractivity contribution < 1.29 is 28.2 Å². The van der Waals surface area contributed by atoms with Gasteiger partial charge in [-0.1, -0.05) is 30.3 Å². The second-order valence-corrected chi connectivity index (χ2v) is 6.68. The van der Waals surface area contributed by atoms with Crippen molar-refractivity contribution in [2.75, 3.05) is 27.8 Å². The van der Waals surface area contributed by atoms with E-state index in [2.05, 4.69) is 4.74 Å². The van der Waals surface area contributed by atoms with Gasteiger partial charge in [0, 0.05) is 24.5 Å². The molecule has 0 fully saturated rings. The number of hydrogen-bond donors (Lipinski definition) is 0. The maximum Gasteiger partial charge on any atom is 0.340 e. The Morgan fingerprint density at radius 1 is 1.00 bits per heavy atom. The molecule has 0 aliphatic carbocycles. The number of para-hydroxylation sites is 1. The predicted octanol–water partition coefficient (Wildman–Crippen LogP) is 2.86. The number of nitrogens with zero attached hydrogens (tertiary/aromatic N) is 2. The van der Waals surface area contributed by atoms with Crippen LogP contribution in [0.1, 0.15) is 26.4 Å². The summed E-state index contributed by atoms with van der Waals surface area (Å²) in [5.74, 6) is -2.18. The molecule has 2 aromatic carbocycles. The highest BCUT2D eigenvalue weighted by Gasteiger charge is 2.30. The Hall–Kier alpha value is -3.68. The number of rotatable bonds is 6. The largest absolute Gasteiger partial charge is 0.468 e. The Morgan fingerprint density at radius 3 is 2.30 bits per heavy atom. The summed E-state index contributed by atoms with van der Waals surface area (Å²) in [4.78, 5) is 38.8. The minimum atomic E-state index is -0.668. The Balaban J connectivity index is 2.20. The number of hydrogen-bond acceptors (Lipinski definition) is 5. The lowest BCUT2D eigenvalue weighted by Gasteiger charge is -2.18. The van der Waals surface area contributed by atoms with E-state index in [1.807, 2.05) is 0 Å². The maximum absolute atomic E-state index is 13.3. The summed E-state index contributed by atoms with van der Waals surface area (Å²) in [6.45, 7) is -0.0705. The van der Waals surface area contributed by atoms with Crippen LogP contribution < -0.4 is 0 Å². The lowest BCUT2D eigenvalue weighted by atomic mass is 10.1. The number of carbonyl (C=O) groups excluding carboxylic acids is 3. The van der Waals surface area contributed by atoms with Crippen molar-refractivity contribution in [3.63, 3.8) is 0 Å². The van der Waals surface area contributed by atoms with Gasteiger partial charge in [-0.3, -0.25) is 9.59 Å². The number of fused-ring (bicyclic) bond motifs is 1. The molecule has 8 heteroatoms. The van der Waals surface area contributed by atoms with Gasteiger partial charge in [0.1, 0.15) is 18.1 Å². The summed E-state index contributed by atoms with van der Waals surface area (Å²) in [5.41, 5.74) is 1.56. The molecule has 1 heterocycles. The van der Waals surface area contributed by atoms with Crippen molar-refractivity contribution in [1.82, 2.24) is 9.47 Å². The van der Waals surface area contributed by atoms with Gasteiger partial charge in [-0.25, -0.2) is 9.18 Å². The first-order valence-corrected chi connectivity index (χ1v) is 9.13. The molecule has 0 aliphatic rings. The predicted molar refractivity (Wildman–Crippen MR) is 108 cm³/mol. The summed E-state index contributed by atoms with van der Waals surface area (Å²) in [5, 5.41) is 0.543. The Labute approximate surface area is 172 Å². The molecule has 156 valence electrons. The quantitative estimate of drug-likeness (QED) is 0.582. The molecule has 7 nitrogen and oxygen atoms in total. The molecule has 0 N–H and O–H groups in total. The summed E-state index contributed by atoms with van der Waals surface area (Å²) in [6, 6.07) is 12.9. The molecule has 1 aromatic heterocycles. The standard InChI is InChI=1S/C22H21FN2O5/c1-24(13-18(26)29-2)21(27)20-19(22(28)30-3)16-6-4-5-7-17(16)25(20)12-14-8-10-15(23)11-9-14/h4-11H,12-13H2,1-3H3. The van der Waals surface area contributed by atoms with E-state index < -0.39 is 17.8 Å². The van der Waals surface area contributed by atoms with Crippen LogP contribution in [0, 0.1) is 5.82 Å². The molecule has 0 bridgehead atoms. The monoisotopic (exact) mass is 412 g/mol. The van der Waals surface area contributed by atoms with Gasteiger partial charge in [0.2, 0.25) is 0 Å². The number of halogens is 1.